The fourth-order valence-electron chi connectivity index (χ4n) is 3.56. The smallest absolute Gasteiger partial charge is 0.0990 e. The van der Waals surface area contributed by atoms with Crippen molar-refractivity contribution in [1.82, 2.24) is 5.32 Å². The van der Waals surface area contributed by atoms with Gasteiger partial charge >= 0.3 is 0 Å². The number of allylic oxidation sites excluding steroid dienone is 1. The maximum atomic E-state index is 5.96. The lowest BCUT2D eigenvalue weighted by molar-refractivity contribution is 0.400. The summed E-state index contributed by atoms with van der Waals surface area (Å²) in [5.41, 5.74) is 11.2. The molecule has 0 aliphatic carbocycles. The van der Waals surface area contributed by atoms with Gasteiger partial charge in [0.05, 0.1) is 11.9 Å². The molecule has 16 heavy (non-hydrogen) atoms. The molecular weight excluding hydrogens is 198 g/mol. The molecule has 3 rings (SSSR count). The van der Waals surface area contributed by atoms with Crippen LogP contribution in [-0.4, -0.2) is 24.0 Å². The van der Waals surface area contributed by atoms with Gasteiger partial charge in [0.25, 0.3) is 0 Å². The molecule has 2 bridgehead atoms. The van der Waals surface area contributed by atoms with E-state index in [9.17, 15) is 0 Å². The van der Waals surface area contributed by atoms with Crippen molar-refractivity contribution in [2.45, 2.75) is 31.5 Å². The lowest BCUT2D eigenvalue weighted by atomic mass is 9.76. The number of hydrogen-bond donors (Lipinski definition) is 2. The maximum Gasteiger partial charge on any atom is 0.0990 e. The average Bonchev–Trinajstić information content (AvgIpc) is 2.81. The van der Waals surface area contributed by atoms with Gasteiger partial charge in [-0.15, -0.1) is 5.73 Å². The number of hydrogen-bond acceptors (Lipinski definition) is 3. The van der Waals surface area contributed by atoms with Gasteiger partial charge in [-0.05, 0) is 18.9 Å². The number of nitrogens with zero attached hydrogens (tertiary/aromatic N) is 1. The Balaban J connectivity index is 2.00. The van der Waals surface area contributed by atoms with Crippen LogP contribution < -0.4 is 11.1 Å². The number of nitrogens with two attached hydrogens (primary N) is 1. The van der Waals surface area contributed by atoms with Gasteiger partial charge in [0.1, 0.15) is 0 Å². The highest BCUT2D eigenvalue weighted by Gasteiger charge is 2.58. The van der Waals surface area contributed by atoms with Gasteiger partial charge in [0.2, 0.25) is 0 Å². The predicted molar refractivity (Wildman–Crippen MR) is 65.2 cm³/mol. The standard InChI is InChI=1S/C13H17N3/c1-4-7(6(2)3)10-9-5-8-11(15-9)12(10)16-13(8)14/h8-12,15H,1-2,5H2,3H3,(H2,14,16). The Morgan fingerprint density at radius 2 is 2.38 bits per heavy atom. The molecule has 0 aromatic heterocycles. The number of amidine groups is 1. The molecule has 5 atom stereocenters. The van der Waals surface area contributed by atoms with Crippen molar-refractivity contribution in [3.63, 3.8) is 0 Å². The molecule has 2 fully saturated rings. The van der Waals surface area contributed by atoms with Crippen molar-refractivity contribution in [3.05, 3.63) is 30.0 Å². The van der Waals surface area contributed by atoms with Crippen LogP contribution in [0.3, 0.4) is 0 Å². The van der Waals surface area contributed by atoms with Crippen molar-refractivity contribution in [2.75, 3.05) is 0 Å². The highest BCUT2D eigenvalue weighted by molar-refractivity contribution is 5.87. The van der Waals surface area contributed by atoms with E-state index in [1.54, 1.807) is 0 Å². The average molecular weight is 215 g/mol. The van der Waals surface area contributed by atoms with Gasteiger partial charge in [-0.1, -0.05) is 13.2 Å². The van der Waals surface area contributed by atoms with E-state index in [0.29, 0.717) is 23.9 Å². The lowest BCUT2D eigenvalue weighted by Gasteiger charge is -2.26. The van der Waals surface area contributed by atoms with Gasteiger partial charge < -0.3 is 11.1 Å². The molecule has 3 aliphatic rings. The fourth-order valence-corrected chi connectivity index (χ4v) is 3.56. The molecule has 0 aromatic rings. The zero-order chi connectivity index (χ0) is 11.4. The summed E-state index contributed by atoms with van der Waals surface area (Å²) in [5, 5.41) is 3.62. The van der Waals surface area contributed by atoms with Gasteiger partial charge in [-0.25, -0.2) is 0 Å². The zero-order valence-corrected chi connectivity index (χ0v) is 9.53. The Bertz CT molecular complexity index is 442. The molecule has 3 aliphatic heterocycles. The molecule has 5 unspecified atom stereocenters. The van der Waals surface area contributed by atoms with Crippen LogP contribution >= 0.6 is 0 Å². The monoisotopic (exact) mass is 215 g/mol. The van der Waals surface area contributed by atoms with Crippen LogP contribution in [0.15, 0.2) is 35.0 Å². The summed E-state index contributed by atoms with van der Waals surface area (Å²) in [4.78, 5) is 4.61. The van der Waals surface area contributed by atoms with E-state index < -0.39 is 0 Å². The van der Waals surface area contributed by atoms with Crippen molar-refractivity contribution in [2.24, 2.45) is 22.6 Å². The second-order valence-electron chi connectivity index (χ2n) is 5.08. The van der Waals surface area contributed by atoms with Crippen LogP contribution in [-0.2, 0) is 0 Å². The van der Waals surface area contributed by atoms with E-state index in [2.05, 4.69) is 29.2 Å². The third-order valence-electron chi connectivity index (χ3n) is 4.18. The lowest BCUT2D eigenvalue weighted by Crippen LogP contribution is -2.35. The summed E-state index contributed by atoms with van der Waals surface area (Å²) in [7, 11) is 0. The van der Waals surface area contributed by atoms with E-state index >= 15 is 0 Å². The van der Waals surface area contributed by atoms with Crippen molar-refractivity contribution < 1.29 is 0 Å². The third kappa shape index (κ3) is 1.05. The largest absolute Gasteiger partial charge is 0.387 e. The Morgan fingerprint density at radius 1 is 1.62 bits per heavy atom. The fraction of sp³-hybridized carbons (Fsp3) is 0.538. The van der Waals surface area contributed by atoms with Crippen LogP contribution in [0.4, 0.5) is 0 Å². The summed E-state index contributed by atoms with van der Waals surface area (Å²) in [5.74, 6) is 1.66. The van der Waals surface area contributed by atoms with Crippen LogP contribution in [0, 0.1) is 11.8 Å². The van der Waals surface area contributed by atoms with Crippen LogP contribution in [0.25, 0.3) is 0 Å². The van der Waals surface area contributed by atoms with E-state index in [4.69, 9.17) is 5.73 Å². The highest BCUT2D eigenvalue weighted by atomic mass is 15.2. The van der Waals surface area contributed by atoms with Crippen molar-refractivity contribution in [1.29, 1.82) is 0 Å². The summed E-state index contributed by atoms with van der Waals surface area (Å²) in [6, 6.07) is 1.20. The Morgan fingerprint density at radius 3 is 3.00 bits per heavy atom. The molecule has 0 amide bonds. The topological polar surface area (TPSA) is 50.4 Å². The van der Waals surface area contributed by atoms with E-state index in [1.807, 2.05) is 6.92 Å². The zero-order valence-electron chi connectivity index (χ0n) is 9.53. The molecule has 3 nitrogen and oxygen atoms in total. The predicted octanol–water partition coefficient (Wildman–Crippen LogP) is 0.990. The highest BCUT2D eigenvalue weighted by Crippen LogP contribution is 2.47. The molecule has 3 N–H and O–H groups in total. The number of rotatable bonds is 2. The molecule has 0 radical (unpaired) electrons. The molecule has 0 aromatic carbocycles. The molecule has 0 saturated carbocycles. The van der Waals surface area contributed by atoms with Crippen molar-refractivity contribution >= 4 is 5.84 Å². The molecule has 3 heterocycles. The first-order valence-corrected chi connectivity index (χ1v) is 5.78. The first-order chi connectivity index (χ1) is 7.63. The number of fused-ring (bicyclic) bond motifs is 1. The second kappa shape index (κ2) is 3.09. The normalized spacial score (nSPS) is 43.1. The number of aliphatic imine (C=N–C) groups is 1. The Kier molecular flexibility index (Phi) is 1.91. The van der Waals surface area contributed by atoms with Crippen LogP contribution in [0.5, 0.6) is 0 Å². The summed E-state index contributed by atoms with van der Waals surface area (Å²) in [6.45, 7) is 9.80. The van der Waals surface area contributed by atoms with E-state index in [1.165, 1.54) is 0 Å². The molecule has 84 valence electrons. The summed E-state index contributed by atoms with van der Waals surface area (Å²) < 4.78 is 0. The first-order valence-electron chi connectivity index (χ1n) is 5.78. The minimum Gasteiger partial charge on any atom is -0.387 e. The Labute approximate surface area is 95.8 Å². The summed E-state index contributed by atoms with van der Waals surface area (Å²) >= 11 is 0. The van der Waals surface area contributed by atoms with Gasteiger partial charge in [-0.2, -0.15) is 0 Å². The molecular formula is C13H17N3. The molecule has 0 spiro atoms. The third-order valence-corrected chi connectivity index (χ3v) is 4.18. The quantitative estimate of drug-likeness (QED) is 0.533. The van der Waals surface area contributed by atoms with E-state index in [0.717, 1.165) is 23.4 Å². The molecule has 2 saturated heterocycles. The van der Waals surface area contributed by atoms with E-state index in [-0.39, 0.29) is 6.04 Å². The van der Waals surface area contributed by atoms with Crippen molar-refractivity contribution in [3.8, 4) is 0 Å². The van der Waals surface area contributed by atoms with Crippen LogP contribution in [0.1, 0.15) is 13.3 Å². The summed E-state index contributed by atoms with van der Waals surface area (Å²) in [6.07, 6.45) is 1.10. The first kappa shape index (κ1) is 9.88. The number of nitrogens with one attached hydrogen (secondary N) is 1. The molecule has 3 heteroatoms. The van der Waals surface area contributed by atoms with Gasteiger partial charge in [-0.3, -0.25) is 4.99 Å². The minimum absolute atomic E-state index is 0.282. The SMILES string of the molecule is C=C=C(C(=C)C)C1C2CC3C(N)=NC1C3N2. The Hall–Kier alpha value is -1.31. The second-order valence-corrected chi connectivity index (χ2v) is 5.08. The van der Waals surface area contributed by atoms with Crippen LogP contribution in [0.2, 0.25) is 0 Å². The maximum absolute atomic E-state index is 5.96. The van der Waals surface area contributed by atoms with Gasteiger partial charge in [0.15, 0.2) is 0 Å². The minimum atomic E-state index is 0.282. The van der Waals surface area contributed by atoms with Gasteiger partial charge in [0, 0.05) is 29.5 Å².